The molecule has 3 spiro atoms. The second kappa shape index (κ2) is 20.3. The van der Waals surface area contributed by atoms with E-state index >= 15 is 0 Å². The fraction of sp³-hybridized carbons (Fsp3) is 0.915. The normalized spacial score (nSPS) is 57.3. The predicted octanol–water partition coefficient (Wildman–Crippen LogP) is 5.51. The summed E-state index contributed by atoms with van der Waals surface area (Å²) in [6, 6.07) is 0. The minimum atomic E-state index is -0.990. The van der Waals surface area contributed by atoms with Crippen molar-refractivity contribution in [3.8, 4) is 0 Å². The van der Waals surface area contributed by atoms with Crippen LogP contribution in [0.15, 0.2) is 24.3 Å². The van der Waals surface area contributed by atoms with Gasteiger partial charge in [0.1, 0.15) is 18.3 Å². The number of carbonyl (C=O) groups excluding carboxylic acids is 1. The van der Waals surface area contributed by atoms with Crippen molar-refractivity contribution >= 4 is 5.97 Å². The number of hydrogen-bond acceptors (Lipinski definition) is 18. The van der Waals surface area contributed by atoms with Gasteiger partial charge in [-0.15, -0.1) is 0 Å². The second-order valence-electron chi connectivity index (χ2n) is 26.9. The van der Waals surface area contributed by atoms with E-state index in [0.29, 0.717) is 96.4 Å². The molecule has 2 unspecified atom stereocenters. The van der Waals surface area contributed by atoms with Crippen LogP contribution in [0.3, 0.4) is 0 Å². The van der Waals surface area contributed by atoms with Gasteiger partial charge < -0.3 is 82.3 Å². The van der Waals surface area contributed by atoms with Gasteiger partial charge in [-0.1, -0.05) is 40.9 Å². The van der Waals surface area contributed by atoms with Crippen molar-refractivity contribution in [2.24, 2.45) is 29.4 Å². The Labute approximate surface area is 453 Å². The van der Waals surface area contributed by atoms with Crippen molar-refractivity contribution in [3.05, 3.63) is 24.3 Å². The zero-order chi connectivity index (χ0) is 52.9. The van der Waals surface area contributed by atoms with Gasteiger partial charge in [-0.05, 0) is 86.8 Å². The standard InChI is InChI=1S/C59H87NO17/c1-27-15-33-7-9-38-28(2)16-35(64-38)11-13-57-24-37(62)55(77-57)45-21-47(73-57)56-40(67-45)10-8-34(66-56)17-50(63)71-54-32(6)53-44(68-43(54)19-41(65-33)31(27)5)20-42-48(70-53)25-59(72-42)26-49-52(76-59)30(4)23-58(75-49)22-29(3)51-46(74-58)18-36(61)39(69-51)12-14-60/h27,29-30,32-49,51-56,61-62H,2,5,7-26,60H2,1,3-4,6H3/t27-,29+,30+,32+,33+,34-,35+,36-,37?,38+,39-,40+,41-,42-,43+,44+,45-,46+,47-,48-,49+,51+,52+,53+,54-,55?,56+,57-,58-,59+/m1/s1. The van der Waals surface area contributed by atoms with Crippen LogP contribution < -0.4 is 5.73 Å². The average Bonchev–Trinajstić information content (AvgIpc) is 4.34. The first-order chi connectivity index (χ1) is 37.0. The molecule has 30 atom stereocenters. The van der Waals surface area contributed by atoms with Crippen LogP contribution in [0.2, 0.25) is 0 Å². The summed E-state index contributed by atoms with van der Waals surface area (Å²) >= 11 is 0. The van der Waals surface area contributed by atoms with Crippen molar-refractivity contribution in [1.29, 1.82) is 0 Å². The number of ether oxygens (including phenoxy) is 14. The molecule has 10 bridgehead atoms. The van der Waals surface area contributed by atoms with E-state index in [9.17, 15) is 15.0 Å². The number of aliphatic hydroxyl groups is 2. The molecule has 14 heterocycles. The topological polar surface area (TPSA) is 213 Å². The number of fused-ring (bicyclic) bond motifs is 13. The first kappa shape index (κ1) is 53.3. The Morgan fingerprint density at radius 1 is 0.506 bits per heavy atom. The monoisotopic (exact) mass is 1080 g/mol. The summed E-state index contributed by atoms with van der Waals surface area (Å²) in [6.07, 6.45) is 3.95. The summed E-state index contributed by atoms with van der Waals surface area (Å²) in [5, 5.41) is 22.3. The largest absolute Gasteiger partial charge is 0.459 e. The van der Waals surface area contributed by atoms with Gasteiger partial charge in [0.15, 0.2) is 17.4 Å². The summed E-state index contributed by atoms with van der Waals surface area (Å²) in [6.45, 7) is 18.3. The molecule has 14 saturated heterocycles. The maximum Gasteiger partial charge on any atom is 0.308 e. The van der Waals surface area contributed by atoms with Crippen LogP contribution in [0, 0.1) is 23.7 Å². The van der Waals surface area contributed by atoms with Gasteiger partial charge in [0.05, 0.1) is 129 Å². The lowest BCUT2D eigenvalue weighted by Gasteiger charge is -2.54. The first-order valence-electron chi connectivity index (χ1n) is 30.3. The number of esters is 1. The van der Waals surface area contributed by atoms with E-state index in [-0.39, 0.29) is 134 Å². The molecule has 14 aliphatic rings. The van der Waals surface area contributed by atoms with E-state index in [1.807, 2.05) is 0 Å². The van der Waals surface area contributed by atoms with Crippen LogP contribution in [0.4, 0.5) is 0 Å². The maximum atomic E-state index is 14.5. The molecule has 14 aliphatic heterocycles. The van der Waals surface area contributed by atoms with Gasteiger partial charge in [0, 0.05) is 70.1 Å². The summed E-state index contributed by atoms with van der Waals surface area (Å²) < 4.78 is 96.4. The highest BCUT2D eigenvalue weighted by atomic mass is 16.8. The van der Waals surface area contributed by atoms with E-state index in [4.69, 9.17) is 72.0 Å². The van der Waals surface area contributed by atoms with Crippen LogP contribution in [0.5, 0.6) is 0 Å². The van der Waals surface area contributed by atoms with E-state index < -0.39 is 60.1 Å². The molecule has 0 aromatic rings. The summed E-state index contributed by atoms with van der Waals surface area (Å²) in [4.78, 5) is 14.5. The lowest BCUT2D eigenvalue weighted by atomic mass is 9.78. The molecule has 0 radical (unpaired) electrons. The zero-order valence-electron chi connectivity index (χ0n) is 45.7. The highest BCUT2D eigenvalue weighted by Gasteiger charge is 2.66. The number of rotatable bonds is 2. The van der Waals surface area contributed by atoms with E-state index in [0.717, 1.165) is 36.8 Å². The van der Waals surface area contributed by atoms with Crippen LogP contribution in [-0.2, 0) is 71.1 Å². The molecule has 4 N–H and O–H groups in total. The first-order valence-corrected chi connectivity index (χ1v) is 30.3. The Morgan fingerprint density at radius 2 is 1.17 bits per heavy atom. The number of nitrogens with two attached hydrogens (primary N) is 1. The Hall–Kier alpha value is -1.69. The summed E-state index contributed by atoms with van der Waals surface area (Å²) in [7, 11) is 0. The Morgan fingerprint density at radius 3 is 2.01 bits per heavy atom. The van der Waals surface area contributed by atoms with Crippen molar-refractivity contribution in [2.75, 3.05) is 6.54 Å². The average molecular weight is 1080 g/mol. The predicted molar refractivity (Wildman–Crippen MR) is 272 cm³/mol. The van der Waals surface area contributed by atoms with Gasteiger partial charge in [-0.2, -0.15) is 0 Å². The van der Waals surface area contributed by atoms with Crippen molar-refractivity contribution < 1.29 is 81.3 Å². The number of hydrogen-bond donors (Lipinski definition) is 3. The molecular weight excluding hydrogens is 995 g/mol. The fourth-order valence-electron chi connectivity index (χ4n) is 17.6. The third kappa shape index (κ3) is 9.68. The highest BCUT2D eigenvalue weighted by molar-refractivity contribution is 5.70. The molecule has 0 aromatic heterocycles. The Kier molecular flexibility index (Phi) is 14.0. The highest BCUT2D eigenvalue weighted by Crippen LogP contribution is 2.56. The lowest BCUT2D eigenvalue weighted by molar-refractivity contribution is -0.371. The number of carbonyl (C=O) groups is 1. The Balaban J connectivity index is 0.691. The van der Waals surface area contributed by atoms with E-state index in [1.54, 1.807) is 0 Å². The van der Waals surface area contributed by atoms with Crippen LogP contribution in [-0.4, -0.2) is 180 Å². The van der Waals surface area contributed by atoms with Crippen LogP contribution in [0.1, 0.15) is 150 Å². The summed E-state index contributed by atoms with van der Waals surface area (Å²) in [5.41, 5.74) is 7.99. The minimum absolute atomic E-state index is 0.0270. The molecule has 18 nitrogen and oxygen atoms in total. The van der Waals surface area contributed by atoms with Gasteiger partial charge in [-0.3, -0.25) is 4.79 Å². The Bertz CT molecular complexity index is 2240. The minimum Gasteiger partial charge on any atom is -0.459 e. The van der Waals surface area contributed by atoms with E-state index in [1.165, 1.54) is 0 Å². The van der Waals surface area contributed by atoms with Crippen molar-refractivity contribution in [3.63, 3.8) is 0 Å². The smallest absolute Gasteiger partial charge is 0.308 e. The lowest BCUT2D eigenvalue weighted by Crippen LogP contribution is -2.62. The SMILES string of the molecule is C=C1C[C@@H]2CC[C@]34CC(O)C(O3)[C@H]3C[C@@H](O4)[C@H]4O[C@H](CC[C@@H]4O3)CC(=O)O[C@@H]3[C@@H](C)[C@@H]4O[C@@H]5C[C@]6(C[C@@H]7O[C@]8(C[C@H](C)[C@@H]9O[C@H](CCN)[C@H](O)C[C@@H]9O8)C[C@H](C)[C@@H]7O6)O[C@@H]5C[C@@H]4O[C@H]3C[C@H]3O[C@@H](CC[C@@H]1O2)C[C@@H](C)C3=C. The third-order valence-electron chi connectivity index (χ3n) is 21.3. The van der Waals surface area contributed by atoms with Crippen LogP contribution in [0.25, 0.3) is 0 Å². The zero-order valence-corrected chi connectivity index (χ0v) is 45.7. The van der Waals surface area contributed by atoms with Gasteiger partial charge in [0.2, 0.25) is 0 Å². The molecule has 0 saturated carbocycles. The molecule has 0 aliphatic carbocycles. The second-order valence-corrected chi connectivity index (χ2v) is 26.9. The van der Waals surface area contributed by atoms with Gasteiger partial charge >= 0.3 is 5.97 Å². The molecule has 18 heteroatoms. The van der Waals surface area contributed by atoms with Crippen molar-refractivity contribution in [2.45, 2.75) is 307 Å². The van der Waals surface area contributed by atoms with Crippen molar-refractivity contribution in [1.82, 2.24) is 0 Å². The van der Waals surface area contributed by atoms with Crippen LogP contribution >= 0.6 is 0 Å². The molecule has 0 amide bonds. The molecular formula is C59H87NO17. The maximum absolute atomic E-state index is 14.5. The van der Waals surface area contributed by atoms with Gasteiger partial charge in [-0.25, -0.2) is 0 Å². The quantitative estimate of drug-likeness (QED) is 0.230. The summed E-state index contributed by atoms with van der Waals surface area (Å²) in [5.74, 6) is -2.76. The molecule has 430 valence electrons. The molecule has 14 fully saturated rings. The molecule has 14 rings (SSSR count). The van der Waals surface area contributed by atoms with E-state index in [2.05, 4.69) is 40.9 Å². The molecule has 77 heavy (non-hydrogen) atoms. The molecule has 0 aromatic carbocycles. The fourth-order valence-corrected chi connectivity index (χ4v) is 17.6. The van der Waals surface area contributed by atoms with Gasteiger partial charge in [0.25, 0.3) is 0 Å². The number of aliphatic hydroxyl groups excluding tert-OH is 2. The third-order valence-corrected chi connectivity index (χ3v) is 21.3.